The van der Waals surface area contributed by atoms with Crippen LogP contribution in [-0.2, 0) is 20.9 Å². The zero-order valence-electron chi connectivity index (χ0n) is 25.7. The van der Waals surface area contributed by atoms with Crippen molar-refractivity contribution in [1.82, 2.24) is 4.90 Å². The Balaban J connectivity index is 1.83. The zero-order valence-corrected chi connectivity index (χ0v) is 26.6. The van der Waals surface area contributed by atoms with Gasteiger partial charge in [-0.05, 0) is 27.4 Å². The summed E-state index contributed by atoms with van der Waals surface area (Å²) >= 11 is 0. The van der Waals surface area contributed by atoms with Crippen LogP contribution in [0.15, 0.2) is 128 Å². The highest BCUT2D eigenvalue weighted by molar-refractivity contribution is 7.96. The molecule has 2 N–H and O–H groups in total. The van der Waals surface area contributed by atoms with E-state index in [1.54, 1.807) is 17.0 Å². The molecule has 1 heterocycles. The molecule has 4 aromatic carbocycles. The van der Waals surface area contributed by atoms with Crippen LogP contribution in [0.25, 0.3) is 0 Å². The van der Waals surface area contributed by atoms with Crippen LogP contribution < -0.4 is 21.6 Å². The third-order valence-electron chi connectivity index (χ3n) is 8.38. The molecular formula is C38H39N2O4P. The van der Waals surface area contributed by atoms with Gasteiger partial charge in [-0.2, -0.15) is 0 Å². The molecule has 1 fully saturated rings. The van der Waals surface area contributed by atoms with Crippen LogP contribution in [0.4, 0.5) is 0 Å². The van der Waals surface area contributed by atoms with Gasteiger partial charge in [0.1, 0.15) is 12.0 Å². The largest absolute Gasteiger partial charge is 0.457 e. The number of benzene rings is 4. The molecule has 5 rings (SSSR count). The fourth-order valence-corrected chi connectivity index (χ4v) is 10.7. The Morgan fingerprint density at radius 2 is 1.33 bits per heavy atom. The lowest BCUT2D eigenvalue weighted by Crippen LogP contribution is -2.67. The normalized spacial score (nSPS) is 16.2. The topological polar surface area (TPSA) is 89.7 Å². The number of Topliss-reactive ketones (excluding diaryl/α,β-unsaturated/α-hetero) is 1. The number of ketones is 1. The minimum atomic E-state index is -3.05. The van der Waals surface area contributed by atoms with Gasteiger partial charge in [0.2, 0.25) is 5.91 Å². The number of β-lactam (4-membered cyclic amide) rings is 1. The number of rotatable bonds is 12. The van der Waals surface area contributed by atoms with Gasteiger partial charge in [-0.1, -0.05) is 142 Å². The fourth-order valence-electron chi connectivity index (χ4n) is 6.28. The highest BCUT2D eigenvalue weighted by Crippen LogP contribution is 2.50. The number of hydrogen-bond acceptors (Lipinski definition) is 5. The summed E-state index contributed by atoms with van der Waals surface area (Å²) in [5.41, 5.74) is 7.51. The maximum absolute atomic E-state index is 14.5. The lowest BCUT2D eigenvalue weighted by molar-refractivity contribution is -0.153. The van der Waals surface area contributed by atoms with E-state index in [0.29, 0.717) is 12.1 Å². The summed E-state index contributed by atoms with van der Waals surface area (Å²) in [5, 5.41) is 2.70. The van der Waals surface area contributed by atoms with Crippen molar-refractivity contribution in [2.45, 2.75) is 32.9 Å². The predicted octanol–water partition coefficient (Wildman–Crippen LogP) is 5.05. The zero-order chi connectivity index (χ0) is 32.0. The molecule has 2 atom stereocenters. The molecule has 0 aliphatic carbocycles. The second-order valence-electron chi connectivity index (χ2n) is 11.5. The molecule has 0 saturated carbocycles. The van der Waals surface area contributed by atoms with Crippen molar-refractivity contribution in [2.75, 3.05) is 6.61 Å². The van der Waals surface area contributed by atoms with Crippen molar-refractivity contribution in [3.05, 3.63) is 139 Å². The average Bonchev–Trinajstić information content (AvgIpc) is 3.08. The Kier molecular flexibility index (Phi) is 9.97. The number of ether oxygens (including phenoxy) is 1. The van der Waals surface area contributed by atoms with Crippen LogP contribution in [0.2, 0.25) is 0 Å². The molecule has 1 aliphatic rings. The highest BCUT2D eigenvalue weighted by Gasteiger charge is 2.54. The van der Waals surface area contributed by atoms with Crippen molar-refractivity contribution in [3.63, 3.8) is 0 Å². The van der Waals surface area contributed by atoms with E-state index in [1.807, 2.05) is 117 Å². The maximum Gasteiger partial charge on any atom is 0.356 e. The first-order valence-electron chi connectivity index (χ1n) is 15.2. The monoisotopic (exact) mass is 618 g/mol. The van der Waals surface area contributed by atoms with Gasteiger partial charge in [0.15, 0.2) is 5.78 Å². The molecule has 6 nitrogen and oxygen atoms in total. The number of carbonyl (C=O) groups excluding carboxylic acids is 3. The maximum atomic E-state index is 14.5. The van der Waals surface area contributed by atoms with E-state index in [0.717, 1.165) is 21.5 Å². The van der Waals surface area contributed by atoms with Gasteiger partial charge in [-0.3, -0.25) is 9.59 Å². The van der Waals surface area contributed by atoms with E-state index in [2.05, 4.69) is 6.58 Å². The summed E-state index contributed by atoms with van der Waals surface area (Å²) in [7, 11) is 0. The third-order valence-corrected chi connectivity index (χ3v) is 12.6. The van der Waals surface area contributed by atoms with Crippen LogP contribution in [0.5, 0.6) is 0 Å². The average molecular weight is 619 g/mol. The van der Waals surface area contributed by atoms with E-state index in [1.165, 1.54) is 6.08 Å². The van der Waals surface area contributed by atoms with Crippen LogP contribution in [0.1, 0.15) is 36.2 Å². The quantitative estimate of drug-likeness (QED) is 0.0789. The lowest BCUT2D eigenvalue weighted by Gasteiger charge is -2.51. The standard InChI is InChI=1S/C38H39N2O4P/c1-4-24-44-38(43)37(40-33(35(27(2)3)36(40)42)25-34(41)29-22-20-28(26-39)21-23-29)45(30-14-8-5-9-15-30,31-16-10-6-11-17-31)32-18-12-7-13-19-32/h4-23,27,33,35H,1,24-26,39H2,2-3H3/t33-,35-/m1/s1. The molecule has 230 valence electrons. The summed E-state index contributed by atoms with van der Waals surface area (Å²) < 4.78 is 5.83. The second-order valence-corrected chi connectivity index (χ2v) is 14.8. The van der Waals surface area contributed by atoms with Gasteiger partial charge in [-0.25, -0.2) is 4.79 Å². The van der Waals surface area contributed by atoms with Gasteiger partial charge in [0.05, 0.1) is 12.0 Å². The number of likely N-dealkylation sites (tertiary alicyclic amines) is 1. The molecule has 1 amide bonds. The van der Waals surface area contributed by atoms with E-state index >= 15 is 0 Å². The molecule has 0 radical (unpaired) electrons. The molecule has 7 heteroatoms. The van der Waals surface area contributed by atoms with Crippen molar-refractivity contribution < 1.29 is 19.1 Å². The molecular weight excluding hydrogens is 579 g/mol. The van der Waals surface area contributed by atoms with Gasteiger partial charge in [0.25, 0.3) is 0 Å². The number of nitrogens with two attached hydrogens (primary N) is 1. The molecule has 0 bridgehead atoms. The van der Waals surface area contributed by atoms with Gasteiger partial charge >= 0.3 is 5.97 Å². The Morgan fingerprint density at radius 1 is 0.844 bits per heavy atom. The van der Waals surface area contributed by atoms with Gasteiger partial charge < -0.3 is 15.4 Å². The molecule has 1 saturated heterocycles. The summed E-state index contributed by atoms with van der Waals surface area (Å²) in [6.07, 6.45) is 1.58. The highest BCUT2D eigenvalue weighted by atomic mass is 31.2. The van der Waals surface area contributed by atoms with Gasteiger partial charge in [0, 0.05) is 25.4 Å². The van der Waals surface area contributed by atoms with Crippen LogP contribution in [0, 0.1) is 11.8 Å². The predicted molar refractivity (Wildman–Crippen MR) is 184 cm³/mol. The molecule has 0 spiro atoms. The van der Waals surface area contributed by atoms with E-state index in [4.69, 9.17) is 10.5 Å². The van der Waals surface area contributed by atoms with Crippen LogP contribution in [0.3, 0.4) is 0 Å². The molecule has 0 aromatic heterocycles. The Hall–Kier alpha value is -4.51. The smallest absolute Gasteiger partial charge is 0.356 e. The van der Waals surface area contributed by atoms with E-state index in [9.17, 15) is 14.4 Å². The summed E-state index contributed by atoms with van der Waals surface area (Å²) in [5.74, 6) is -1.37. The number of nitrogens with zero attached hydrogens (tertiary/aromatic N) is 1. The number of carbonyl (C=O) groups is 3. The first-order valence-corrected chi connectivity index (χ1v) is 17.0. The van der Waals surface area contributed by atoms with Crippen molar-refractivity contribution in [2.24, 2.45) is 17.6 Å². The SMILES string of the molecule is C=CCOC(=O)C(N1C(=O)[C@H](C(C)C)[C@H]1CC(=O)c1ccc(CN)cc1)=P(c1ccccc1)(c1ccccc1)c1ccccc1. The third kappa shape index (κ3) is 6.09. The molecule has 1 aliphatic heterocycles. The lowest BCUT2D eigenvalue weighted by atomic mass is 9.76. The second kappa shape index (κ2) is 14.1. The first-order chi connectivity index (χ1) is 21.8. The van der Waals surface area contributed by atoms with E-state index < -0.39 is 24.8 Å². The summed E-state index contributed by atoms with van der Waals surface area (Å²) in [6.45, 7) is 5.02. The summed E-state index contributed by atoms with van der Waals surface area (Å²) in [4.78, 5) is 44.3. The Labute approximate surface area is 265 Å². The Morgan fingerprint density at radius 3 is 1.76 bits per heavy atom. The van der Waals surface area contributed by atoms with Gasteiger partial charge in [-0.15, -0.1) is 0 Å². The number of esters is 1. The van der Waals surface area contributed by atoms with E-state index in [-0.39, 0.29) is 36.1 Å². The number of amides is 1. The summed E-state index contributed by atoms with van der Waals surface area (Å²) in [6, 6.07) is 36.3. The molecule has 4 aromatic rings. The first kappa shape index (κ1) is 31.9. The number of hydrogen-bond donors (Lipinski definition) is 1. The van der Waals surface area contributed by atoms with Crippen molar-refractivity contribution >= 4 is 45.9 Å². The van der Waals surface area contributed by atoms with Crippen LogP contribution >= 0.6 is 6.89 Å². The van der Waals surface area contributed by atoms with Crippen molar-refractivity contribution in [1.29, 1.82) is 0 Å². The van der Waals surface area contributed by atoms with Crippen molar-refractivity contribution in [3.8, 4) is 0 Å². The Bertz CT molecular complexity index is 1610. The minimum Gasteiger partial charge on any atom is -0.457 e. The molecule has 0 unspecified atom stereocenters. The molecule has 45 heavy (non-hydrogen) atoms. The van der Waals surface area contributed by atoms with Crippen LogP contribution in [-0.4, -0.2) is 40.6 Å². The fraction of sp³-hybridized carbons (Fsp3) is 0.211. The minimum absolute atomic E-state index is 0.0204.